The first-order chi connectivity index (χ1) is 10.8. The summed E-state index contributed by atoms with van der Waals surface area (Å²) in [5.74, 6) is -3.21. The summed E-state index contributed by atoms with van der Waals surface area (Å²) >= 11 is 0. The second kappa shape index (κ2) is 16.3. The van der Waals surface area contributed by atoms with E-state index in [0.29, 0.717) is 32.1 Å². The molecule has 0 bridgehead atoms. The normalized spacial score (nSPS) is 9.57. The molecular weight excluding hydrogens is 308 g/mol. The molecule has 0 amide bonds. The predicted octanol–water partition coefficient (Wildman–Crippen LogP) is 2.60. The SMILES string of the molecule is O=C(O)CCCCCC(=O)O.O=C(O)CCCCCCC(=O)O. The van der Waals surface area contributed by atoms with Crippen molar-refractivity contribution in [2.24, 2.45) is 0 Å². The van der Waals surface area contributed by atoms with E-state index in [-0.39, 0.29) is 25.7 Å². The Kier molecular flexibility index (Phi) is 16.4. The summed E-state index contributed by atoms with van der Waals surface area (Å²) in [7, 11) is 0. The molecule has 0 aromatic heterocycles. The molecule has 0 aliphatic heterocycles. The highest BCUT2D eigenvalue weighted by Gasteiger charge is 1.99. The fourth-order valence-electron chi connectivity index (χ4n) is 1.64. The maximum atomic E-state index is 10.0. The molecule has 4 N–H and O–H groups in total. The Morgan fingerprint density at radius 2 is 0.565 bits per heavy atom. The molecule has 0 aliphatic carbocycles. The summed E-state index contributed by atoms with van der Waals surface area (Å²) in [5, 5.41) is 32.9. The van der Waals surface area contributed by atoms with Gasteiger partial charge in [-0.25, -0.2) is 0 Å². The number of carboxylic acids is 4. The van der Waals surface area contributed by atoms with Crippen molar-refractivity contribution in [1.29, 1.82) is 0 Å². The van der Waals surface area contributed by atoms with Crippen LogP contribution in [-0.2, 0) is 19.2 Å². The highest BCUT2D eigenvalue weighted by atomic mass is 16.4. The summed E-state index contributed by atoms with van der Waals surface area (Å²) in [6.45, 7) is 0. The molecule has 0 saturated carbocycles. The van der Waals surface area contributed by atoms with Gasteiger partial charge < -0.3 is 20.4 Å². The molecule has 0 aromatic rings. The van der Waals surface area contributed by atoms with Gasteiger partial charge in [0.2, 0.25) is 0 Å². The van der Waals surface area contributed by atoms with Gasteiger partial charge in [0.05, 0.1) is 0 Å². The van der Waals surface area contributed by atoms with Crippen molar-refractivity contribution in [3.05, 3.63) is 0 Å². The van der Waals surface area contributed by atoms with Gasteiger partial charge in [0, 0.05) is 25.7 Å². The van der Waals surface area contributed by atoms with E-state index >= 15 is 0 Å². The van der Waals surface area contributed by atoms with Gasteiger partial charge in [0.1, 0.15) is 0 Å². The fraction of sp³-hybridized carbons (Fsp3) is 0.733. The van der Waals surface area contributed by atoms with E-state index in [1.807, 2.05) is 0 Å². The summed E-state index contributed by atoms with van der Waals surface area (Å²) in [4.78, 5) is 40.1. The van der Waals surface area contributed by atoms with E-state index in [9.17, 15) is 19.2 Å². The van der Waals surface area contributed by atoms with Gasteiger partial charge in [0.15, 0.2) is 0 Å². The van der Waals surface area contributed by atoms with Crippen LogP contribution < -0.4 is 0 Å². The van der Waals surface area contributed by atoms with Gasteiger partial charge in [-0.05, 0) is 25.7 Å². The average Bonchev–Trinajstić information content (AvgIpc) is 2.41. The van der Waals surface area contributed by atoms with Crippen molar-refractivity contribution in [3.8, 4) is 0 Å². The minimum atomic E-state index is -0.819. The highest BCUT2D eigenvalue weighted by Crippen LogP contribution is 2.05. The molecule has 0 spiro atoms. The van der Waals surface area contributed by atoms with Gasteiger partial charge in [-0.1, -0.05) is 19.3 Å². The van der Waals surface area contributed by atoms with Crippen molar-refractivity contribution in [1.82, 2.24) is 0 Å². The lowest BCUT2D eigenvalue weighted by atomic mass is 10.1. The Balaban J connectivity index is 0. The molecule has 0 radical (unpaired) electrons. The molecule has 0 heterocycles. The zero-order chi connectivity index (χ0) is 18.1. The predicted molar refractivity (Wildman–Crippen MR) is 81.3 cm³/mol. The van der Waals surface area contributed by atoms with Gasteiger partial charge in [-0.3, -0.25) is 19.2 Å². The lowest BCUT2D eigenvalue weighted by Gasteiger charge is -1.96. The van der Waals surface area contributed by atoms with Crippen molar-refractivity contribution >= 4 is 23.9 Å². The number of carboxylic acid groups (broad SMARTS) is 4. The standard InChI is InChI=1S/C8H14O4.C7H12O4/c9-7(10)5-3-1-2-4-6-8(11)12;8-6(9)4-2-1-3-5-7(10)11/h1-6H2,(H,9,10)(H,11,12);1-5H2,(H,8,9)(H,10,11). The zero-order valence-electron chi connectivity index (χ0n) is 13.2. The number of hydrogen-bond donors (Lipinski definition) is 4. The van der Waals surface area contributed by atoms with Crippen LogP contribution in [0.5, 0.6) is 0 Å². The van der Waals surface area contributed by atoms with Crippen LogP contribution in [0.3, 0.4) is 0 Å². The third kappa shape index (κ3) is 28.7. The van der Waals surface area contributed by atoms with Crippen molar-refractivity contribution in [2.75, 3.05) is 0 Å². The second-order valence-electron chi connectivity index (χ2n) is 5.05. The molecule has 8 nitrogen and oxygen atoms in total. The Bertz CT molecular complexity index is 330. The lowest BCUT2D eigenvalue weighted by Crippen LogP contribution is -1.96. The summed E-state index contributed by atoms with van der Waals surface area (Å²) in [6.07, 6.45) is 5.38. The van der Waals surface area contributed by atoms with Gasteiger partial charge in [0.25, 0.3) is 0 Å². The number of carbonyl (C=O) groups is 4. The zero-order valence-corrected chi connectivity index (χ0v) is 13.2. The second-order valence-corrected chi connectivity index (χ2v) is 5.05. The van der Waals surface area contributed by atoms with E-state index in [2.05, 4.69) is 0 Å². The van der Waals surface area contributed by atoms with E-state index in [4.69, 9.17) is 20.4 Å². The van der Waals surface area contributed by atoms with E-state index in [1.54, 1.807) is 0 Å². The summed E-state index contributed by atoms with van der Waals surface area (Å²) in [5.41, 5.74) is 0. The highest BCUT2D eigenvalue weighted by molar-refractivity contribution is 5.67. The monoisotopic (exact) mass is 334 g/mol. The minimum absolute atomic E-state index is 0.139. The first-order valence-corrected chi connectivity index (χ1v) is 7.63. The van der Waals surface area contributed by atoms with Crippen LogP contribution >= 0.6 is 0 Å². The number of hydrogen-bond acceptors (Lipinski definition) is 4. The van der Waals surface area contributed by atoms with Crippen LogP contribution in [-0.4, -0.2) is 44.3 Å². The van der Waals surface area contributed by atoms with E-state index in [0.717, 1.165) is 12.8 Å². The first kappa shape index (κ1) is 23.2. The van der Waals surface area contributed by atoms with E-state index in [1.165, 1.54) is 0 Å². The number of aliphatic carboxylic acids is 4. The van der Waals surface area contributed by atoms with Crippen LogP contribution in [0.2, 0.25) is 0 Å². The van der Waals surface area contributed by atoms with Gasteiger partial charge in [-0.15, -0.1) is 0 Å². The van der Waals surface area contributed by atoms with Crippen molar-refractivity contribution in [2.45, 2.75) is 70.6 Å². The molecule has 134 valence electrons. The minimum Gasteiger partial charge on any atom is -0.481 e. The molecule has 0 unspecified atom stereocenters. The quantitative estimate of drug-likeness (QED) is 0.375. The largest absolute Gasteiger partial charge is 0.481 e. The molecule has 0 aliphatic rings. The molecule has 0 aromatic carbocycles. The molecule has 23 heavy (non-hydrogen) atoms. The van der Waals surface area contributed by atoms with Crippen molar-refractivity contribution in [3.63, 3.8) is 0 Å². The lowest BCUT2D eigenvalue weighted by molar-refractivity contribution is -0.138. The number of rotatable bonds is 13. The Morgan fingerprint density at radius 3 is 0.739 bits per heavy atom. The Morgan fingerprint density at radius 1 is 0.391 bits per heavy atom. The fourth-order valence-corrected chi connectivity index (χ4v) is 1.64. The third-order valence-electron chi connectivity index (χ3n) is 2.81. The molecular formula is C15H26O8. The third-order valence-corrected chi connectivity index (χ3v) is 2.81. The first-order valence-electron chi connectivity index (χ1n) is 7.63. The topological polar surface area (TPSA) is 149 Å². The summed E-state index contributed by atoms with van der Waals surface area (Å²) < 4.78 is 0. The molecule has 0 atom stereocenters. The summed E-state index contributed by atoms with van der Waals surface area (Å²) in [6, 6.07) is 0. The van der Waals surface area contributed by atoms with Gasteiger partial charge in [-0.2, -0.15) is 0 Å². The number of unbranched alkanes of at least 4 members (excludes halogenated alkanes) is 5. The van der Waals surface area contributed by atoms with Crippen LogP contribution in [0.15, 0.2) is 0 Å². The molecule has 0 rings (SSSR count). The Labute approximate surface area is 135 Å². The van der Waals surface area contributed by atoms with Gasteiger partial charge >= 0.3 is 23.9 Å². The molecule has 0 saturated heterocycles. The Hall–Kier alpha value is -2.12. The molecule has 0 fully saturated rings. The smallest absolute Gasteiger partial charge is 0.303 e. The van der Waals surface area contributed by atoms with Crippen LogP contribution in [0.25, 0.3) is 0 Å². The molecule has 8 heteroatoms. The van der Waals surface area contributed by atoms with Crippen LogP contribution in [0.4, 0.5) is 0 Å². The van der Waals surface area contributed by atoms with Crippen LogP contribution in [0, 0.1) is 0 Å². The van der Waals surface area contributed by atoms with E-state index < -0.39 is 23.9 Å². The van der Waals surface area contributed by atoms with Crippen LogP contribution in [0.1, 0.15) is 70.6 Å². The maximum absolute atomic E-state index is 10.0. The maximum Gasteiger partial charge on any atom is 0.303 e. The average molecular weight is 334 g/mol. The van der Waals surface area contributed by atoms with Crippen molar-refractivity contribution < 1.29 is 39.6 Å².